The van der Waals surface area contributed by atoms with Gasteiger partial charge < -0.3 is 10.1 Å². The van der Waals surface area contributed by atoms with Gasteiger partial charge in [-0.05, 0) is 18.8 Å². The Balaban J connectivity index is 0.000000845. The number of ether oxygens (including phenoxy) is 1. The number of hydrogen-bond acceptors (Lipinski definition) is 3. The molecular formula is C9H14ClNO2. The molecule has 0 bridgehead atoms. The molecule has 1 heterocycles. The van der Waals surface area contributed by atoms with E-state index in [-0.39, 0.29) is 24.4 Å². The normalized spacial score (nSPS) is 34.3. The van der Waals surface area contributed by atoms with Crippen molar-refractivity contribution in [2.24, 2.45) is 5.92 Å². The van der Waals surface area contributed by atoms with Crippen LogP contribution in [0.2, 0.25) is 0 Å². The van der Waals surface area contributed by atoms with E-state index in [0.717, 1.165) is 12.3 Å². The van der Waals surface area contributed by atoms with Crippen molar-refractivity contribution in [1.82, 2.24) is 5.32 Å². The van der Waals surface area contributed by atoms with Crippen LogP contribution in [0.25, 0.3) is 0 Å². The zero-order valence-electron chi connectivity index (χ0n) is 7.36. The molecule has 0 aromatic heterocycles. The molecule has 3 atom stereocenters. The first kappa shape index (κ1) is 10.5. The lowest BCUT2D eigenvalue weighted by atomic mass is 10.2. The zero-order valence-corrected chi connectivity index (χ0v) is 8.18. The Morgan fingerprint density at radius 2 is 2.38 bits per heavy atom. The number of esters is 1. The van der Waals surface area contributed by atoms with E-state index >= 15 is 0 Å². The molecule has 74 valence electrons. The summed E-state index contributed by atoms with van der Waals surface area (Å²) in [6, 6.07) is 0.556. The minimum atomic E-state index is -0.123. The highest BCUT2D eigenvalue weighted by Crippen LogP contribution is 2.40. The fraction of sp³-hybridized carbons (Fsp3) is 0.667. The first-order valence-corrected chi connectivity index (χ1v) is 4.35. The third-order valence-corrected chi connectivity index (χ3v) is 2.50. The number of rotatable bonds is 3. The van der Waals surface area contributed by atoms with E-state index in [9.17, 15) is 4.79 Å². The zero-order chi connectivity index (χ0) is 8.55. The maximum absolute atomic E-state index is 11.2. The molecule has 0 aromatic rings. The second-order valence-electron chi connectivity index (χ2n) is 3.48. The first-order valence-electron chi connectivity index (χ1n) is 4.35. The average Bonchev–Trinajstić information content (AvgIpc) is 2.69. The van der Waals surface area contributed by atoms with Crippen molar-refractivity contribution in [3.05, 3.63) is 12.7 Å². The summed E-state index contributed by atoms with van der Waals surface area (Å²) in [4.78, 5) is 11.2. The molecule has 0 unspecified atom stereocenters. The molecule has 1 saturated carbocycles. The van der Waals surface area contributed by atoms with E-state index in [1.165, 1.54) is 6.42 Å². The van der Waals surface area contributed by atoms with Crippen LogP contribution in [-0.2, 0) is 9.53 Å². The molecular weight excluding hydrogens is 190 g/mol. The molecule has 1 aliphatic carbocycles. The van der Waals surface area contributed by atoms with Gasteiger partial charge in [0.25, 0.3) is 0 Å². The van der Waals surface area contributed by atoms with Gasteiger partial charge in [-0.2, -0.15) is 0 Å². The van der Waals surface area contributed by atoms with Crippen LogP contribution in [0.1, 0.15) is 12.8 Å². The van der Waals surface area contributed by atoms with Crippen LogP contribution >= 0.6 is 12.4 Å². The Hall–Kier alpha value is -0.540. The van der Waals surface area contributed by atoms with Gasteiger partial charge in [0.2, 0.25) is 0 Å². The fourth-order valence-corrected chi connectivity index (χ4v) is 1.75. The van der Waals surface area contributed by atoms with Crippen LogP contribution < -0.4 is 5.32 Å². The molecule has 1 saturated heterocycles. The molecule has 4 heteroatoms. The number of carbonyl (C=O) groups excluding carboxylic acids is 1. The second-order valence-corrected chi connectivity index (χ2v) is 3.48. The summed E-state index contributed by atoms with van der Waals surface area (Å²) in [5.41, 5.74) is 0. The van der Waals surface area contributed by atoms with Crippen molar-refractivity contribution in [1.29, 1.82) is 0 Å². The summed E-state index contributed by atoms with van der Waals surface area (Å²) in [6.45, 7) is 3.81. The summed E-state index contributed by atoms with van der Waals surface area (Å²) in [6.07, 6.45) is 3.79. The van der Waals surface area contributed by atoms with Crippen molar-refractivity contribution < 1.29 is 9.53 Å². The number of piperidine rings is 1. The molecule has 0 radical (unpaired) electrons. The number of fused-ring (bicyclic) bond motifs is 1. The topological polar surface area (TPSA) is 38.3 Å². The lowest BCUT2D eigenvalue weighted by molar-refractivity contribution is -0.144. The van der Waals surface area contributed by atoms with E-state index in [0.29, 0.717) is 12.6 Å². The van der Waals surface area contributed by atoms with Gasteiger partial charge in [-0.25, -0.2) is 0 Å². The van der Waals surface area contributed by atoms with Crippen molar-refractivity contribution in [3.63, 3.8) is 0 Å². The minimum absolute atomic E-state index is 0. The Labute approximate surface area is 83.9 Å². The minimum Gasteiger partial charge on any atom is -0.460 e. The van der Waals surface area contributed by atoms with Gasteiger partial charge in [-0.15, -0.1) is 12.4 Å². The smallest absolute Gasteiger partial charge is 0.323 e. The van der Waals surface area contributed by atoms with Gasteiger partial charge in [-0.1, -0.05) is 12.7 Å². The van der Waals surface area contributed by atoms with Crippen molar-refractivity contribution in [2.45, 2.75) is 24.9 Å². The number of hydrogen-bond donors (Lipinski definition) is 1. The Bertz CT molecular complexity index is 210. The number of nitrogens with one attached hydrogen (secondary N) is 1. The quantitative estimate of drug-likeness (QED) is 0.547. The predicted octanol–water partition coefficient (Wildman–Crippen LogP) is 0.888. The maximum Gasteiger partial charge on any atom is 0.323 e. The first-order chi connectivity index (χ1) is 5.81. The van der Waals surface area contributed by atoms with Gasteiger partial charge in [0.05, 0.1) is 0 Å². The van der Waals surface area contributed by atoms with Crippen LogP contribution in [0, 0.1) is 5.92 Å². The highest BCUT2D eigenvalue weighted by Gasteiger charge is 2.48. The lowest BCUT2D eigenvalue weighted by Crippen LogP contribution is -2.35. The number of halogens is 1. The molecule has 2 aliphatic rings. The molecule has 1 N–H and O–H groups in total. The van der Waals surface area contributed by atoms with E-state index in [1.54, 1.807) is 6.08 Å². The van der Waals surface area contributed by atoms with Crippen LogP contribution in [0.5, 0.6) is 0 Å². The van der Waals surface area contributed by atoms with E-state index < -0.39 is 0 Å². The van der Waals surface area contributed by atoms with E-state index in [4.69, 9.17) is 4.74 Å². The highest BCUT2D eigenvalue weighted by molar-refractivity contribution is 5.85. The van der Waals surface area contributed by atoms with Crippen molar-refractivity contribution >= 4 is 18.4 Å². The predicted molar refractivity (Wildman–Crippen MR) is 51.8 cm³/mol. The van der Waals surface area contributed by atoms with Gasteiger partial charge in [0.15, 0.2) is 0 Å². The Morgan fingerprint density at radius 1 is 1.62 bits per heavy atom. The van der Waals surface area contributed by atoms with Crippen LogP contribution in [0.4, 0.5) is 0 Å². The summed E-state index contributed by atoms with van der Waals surface area (Å²) < 4.78 is 4.92. The number of carbonyl (C=O) groups is 1. The largest absolute Gasteiger partial charge is 0.460 e. The highest BCUT2D eigenvalue weighted by atomic mass is 35.5. The fourth-order valence-electron chi connectivity index (χ4n) is 1.75. The second kappa shape index (κ2) is 4.11. The van der Waals surface area contributed by atoms with E-state index in [2.05, 4.69) is 11.9 Å². The third-order valence-electron chi connectivity index (χ3n) is 2.50. The summed E-state index contributed by atoms with van der Waals surface area (Å²) >= 11 is 0. The van der Waals surface area contributed by atoms with Crippen LogP contribution in [-0.4, -0.2) is 24.7 Å². The summed E-state index contributed by atoms with van der Waals surface area (Å²) in [5, 5.41) is 3.23. The molecule has 3 nitrogen and oxygen atoms in total. The average molecular weight is 204 g/mol. The maximum atomic E-state index is 11.2. The molecule has 2 fully saturated rings. The molecule has 0 amide bonds. The third kappa shape index (κ3) is 2.23. The lowest BCUT2D eigenvalue weighted by Gasteiger charge is -2.10. The Kier molecular flexibility index (Phi) is 3.33. The van der Waals surface area contributed by atoms with Crippen LogP contribution in [0.15, 0.2) is 12.7 Å². The van der Waals surface area contributed by atoms with Gasteiger partial charge in [0, 0.05) is 6.04 Å². The molecule has 2 rings (SSSR count). The molecule has 0 spiro atoms. The summed E-state index contributed by atoms with van der Waals surface area (Å²) in [7, 11) is 0. The summed E-state index contributed by atoms with van der Waals surface area (Å²) in [5.74, 6) is 0.619. The van der Waals surface area contributed by atoms with Crippen molar-refractivity contribution in [3.8, 4) is 0 Å². The molecule has 1 aliphatic heterocycles. The van der Waals surface area contributed by atoms with Gasteiger partial charge in [-0.3, -0.25) is 4.79 Å². The van der Waals surface area contributed by atoms with Crippen molar-refractivity contribution in [2.75, 3.05) is 6.61 Å². The molecule has 0 aromatic carbocycles. The van der Waals surface area contributed by atoms with Crippen LogP contribution in [0.3, 0.4) is 0 Å². The van der Waals surface area contributed by atoms with E-state index in [1.807, 2.05) is 0 Å². The Morgan fingerprint density at radius 3 is 2.92 bits per heavy atom. The monoisotopic (exact) mass is 203 g/mol. The van der Waals surface area contributed by atoms with Gasteiger partial charge in [0.1, 0.15) is 12.6 Å². The standard InChI is InChI=1S/C9H13NO2.ClH/c1-2-3-12-9(11)8-5-6-4-7(6)10-8;/h2,6-8,10H,1,3-5H2;1H/t6-,7-,8+;/m1./s1. The SMILES string of the molecule is C=CCOC(=O)[C@@H]1C[C@H]2C[C@H]2N1.Cl. The van der Waals surface area contributed by atoms with Gasteiger partial charge >= 0.3 is 5.97 Å². The molecule has 13 heavy (non-hydrogen) atoms.